The molecule has 1 rings (SSSR count). The first-order valence-electron chi connectivity index (χ1n) is 5.17. The van der Waals surface area contributed by atoms with E-state index >= 15 is 0 Å². The van der Waals surface area contributed by atoms with Gasteiger partial charge in [-0.05, 0) is 74.5 Å². The number of hydrogen-bond acceptors (Lipinski definition) is 3. The third kappa shape index (κ3) is 4.56. The van der Waals surface area contributed by atoms with Gasteiger partial charge in [0.05, 0.1) is 3.39 Å². The highest BCUT2D eigenvalue weighted by Gasteiger charge is 2.08. The van der Waals surface area contributed by atoms with Crippen LogP contribution in [-0.2, 0) is 6.42 Å². The molecule has 0 radical (unpaired) electrons. The van der Waals surface area contributed by atoms with Gasteiger partial charge >= 0.3 is 0 Å². The van der Waals surface area contributed by atoms with Crippen LogP contribution in [-0.4, -0.2) is 6.61 Å². The fraction of sp³-hybridized carbons (Fsp3) is 0.333. The van der Waals surface area contributed by atoms with E-state index in [0.717, 1.165) is 32.4 Å². The number of ether oxygens (including phenoxy) is 1. The molecule has 0 aliphatic heterocycles. The second-order valence-corrected chi connectivity index (χ2v) is 6.43. The summed E-state index contributed by atoms with van der Waals surface area (Å²) in [5, 5.41) is 0. The molecule has 0 atom stereocenters. The standard InChI is InChI=1S/C12H14Br2O2S/c1-3-9-7-10(15-5-4-11(13)14)6-8(2)12(9)16-17/h4,6-7,17H,3,5H2,1-2H3. The normalized spacial score (nSPS) is 9.94. The minimum atomic E-state index is 0.509. The first-order chi connectivity index (χ1) is 8.08. The zero-order chi connectivity index (χ0) is 12.8. The van der Waals surface area contributed by atoms with Crippen molar-refractivity contribution >= 4 is 44.8 Å². The minimum absolute atomic E-state index is 0.509. The summed E-state index contributed by atoms with van der Waals surface area (Å²) in [6, 6.07) is 3.93. The van der Waals surface area contributed by atoms with E-state index in [-0.39, 0.29) is 0 Å². The van der Waals surface area contributed by atoms with Gasteiger partial charge in [-0.3, -0.25) is 0 Å². The largest absolute Gasteiger partial charge is 0.489 e. The second kappa shape index (κ2) is 7.34. The topological polar surface area (TPSA) is 18.5 Å². The molecule has 2 nitrogen and oxygen atoms in total. The van der Waals surface area contributed by atoms with E-state index in [0.29, 0.717) is 6.61 Å². The van der Waals surface area contributed by atoms with Gasteiger partial charge in [-0.2, -0.15) is 0 Å². The summed E-state index contributed by atoms with van der Waals surface area (Å²) in [6.07, 6.45) is 2.77. The molecule has 17 heavy (non-hydrogen) atoms. The number of thiol groups is 1. The molecule has 0 unspecified atom stereocenters. The van der Waals surface area contributed by atoms with Crippen LogP contribution in [0.25, 0.3) is 0 Å². The fourth-order valence-corrected chi connectivity index (χ4v) is 2.01. The molecule has 0 N–H and O–H groups in total. The monoisotopic (exact) mass is 380 g/mol. The molecule has 94 valence electrons. The van der Waals surface area contributed by atoms with Crippen LogP contribution in [0.15, 0.2) is 21.6 Å². The van der Waals surface area contributed by atoms with Crippen molar-refractivity contribution in [2.75, 3.05) is 6.61 Å². The summed E-state index contributed by atoms with van der Waals surface area (Å²) < 4.78 is 11.6. The zero-order valence-electron chi connectivity index (χ0n) is 9.67. The summed E-state index contributed by atoms with van der Waals surface area (Å²) in [4.78, 5) is 0. The van der Waals surface area contributed by atoms with Gasteiger partial charge < -0.3 is 8.92 Å². The summed E-state index contributed by atoms with van der Waals surface area (Å²) in [5.74, 6) is 1.66. The van der Waals surface area contributed by atoms with Crippen molar-refractivity contribution in [3.8, 4) is 11.5 Å². The summed E-state index contributed by atoms with van der Waals surface area (Å²) in [5.41, 5.74) is 2.12. The number of benzene rings is 1. The molecule has 0 heterocycles. The highest BCUT2D eigenvalue weighted by atomic mass is 79.9. The van der Waals surface area contributed by atoms with Gasteiger partial charge in [0.2, 0.25) is 0 Å². The highest BCUT2D eigenvalue weighted by Crippen LogP contribution is 2.30. The average molecular weight is 382 g/mol. The van der Waals surface area contributed by atoms with E-state index in [9.17, 15) is 0 Å². The molecular weight excluding hydrogens is 368 g/mol. The number of halogens is 2. The minimum Gasteiger partial charge on any atom is -0.489 e. The van der Waals surface area contributed by atoms with Crippen LogP contribution in [0.1, 0.15) is 18.1 Å². The Hall–Kier alpha value is -0.130. The van der Waals surface area contributed by atoms with Gasteiger partial charge in [-0.1, -0.05) is 6.92 Å². The van der Waals surface area contributed by atoms with Gasteiger partial charge in [0.1, 0.15) is 18.1 Å². The quantitative estimate of drug-likeness (QED) is 0.583. The molecule has 5 heteroatoms. The van der Waals surface area contributed by atoms with Crippen molar-refractivity contribution in [1.82, 2.24) is 0 Å². The van der Waals surface area contributed by atoms with Crippen LogP contribution in [0, 0.1) is 6.92 Å². The van der Waals surface area contributed by atoms with Crippen LogP contribution in [0.3, 0.4) is 0 Å². The Balaban J connectivity index is 2.88. The van der Waals surface area contributed by atoms with Crippen molar-refractivity contribution in [3.63, 3.8) is 0 Å². The van der Waals surface area contributed by atoms with Crippen LogP contribution in [0.4, 0.5) is 0 Å². The van der Waals surface area contributed by atoms with Gasteiger partial charge in [0, 0.05) is 12.9 Å². The van der Waals surface area contributed by atoms with E-state index in [1.807, 2.05) is 25.1 Å². The molecular formula is C12H14Br2O2S. The van der Waals surface area contributed by atoms with E-state index in [2.05, 4.69) is 51.7 Å². The number of hydrogen-bond donors (Lipinski definition) is 1. The molecule has 0 aromatic heterocycles. The molecule has 0 amide bonds. The number of aryl methyl sites for hydroxylation is 2. The Morgan fingerprint density at radius 1 is 1.41 bits per heavy atom. The number of rotatable bonds is 5. The SMILES string of the molecule is CCc1cc(OCC=C(Br)Br)cc(C)c1OS. The molecule has 1 aromatic carbocycles. The predicted octanol–water partition coefficient (Wildman–Crippen LogP) is 4.79. The fourth-order valence-electron chi connectivity index (χ4n) is 1.49. The molecule has 0 fully saturated rings. The zero-order valence-corrected chi connectivity index (χ0v) is 13.7. The Kier molecular flexibility index (Phi) is 6.44. The van der Waals surface area contributed by atoms with Crippen molar-refractivity contribution in [3.05, 3.63) is 32.7 Å². The van der Waals surface area contributed by atoms with E-state index in [1.165, 1.54) is 0 Å². The lowest BCUT2D eigenvalue weighted by atomic mass is 10.1. The molecule has 0 saturated heterocycles. The molecule has 1 aromatic rings. The van der Waals surface area contributed by atoms with Crippen molar-refractivity contribution in [1.29, 1.82) is 0 Å². The maximum Gasteiger partial charge on any atom is 0.143 e. The lowest BCUT2D eigenvalue weighted by Crippen LogP contribution is -1.97. The predicted molar refractivity (Wildman–Crippen MR) is 81.6 cm³/mol. The third-order valence-electron chi connectivity index (χ3n) is 2.28. The Morgan fingerprint density at radius 2 is 2.12 bits per heavy atom. The van der Waals surface area contributed by atoms with Crippen LogP contribution in [0.5, 0.6) is 11.5 Å². The van der Waals surface area contributed by atoms with E-state index < -0.39 is 0 Å². The van der Waals surface area contributed by atoms with Crippen molar-refractivity contribution in [2.24, 2.45) is 0 Å². The summed E-state index contributed by atoms with van der Waals surface area (Å²) in [6.45, 7) is 4.56. The smallest absolute Gasteiger partial charge is 0.143 e. The van der Waals surface area contributed by atoms with Crippen molar-refractivity contribution in [2.45, 2.75) is 20.3 Å². The lowest BCUT2D eigenvalue weighted by molar-refractivity contribution is 0.362. The third-order valence-corrected chi connectivity index (χ3v) is 3.11. The second-order valence-electron chi connectivity index (χ2n) is 3.48. The molecule has 0 aliphatic rings. The Labute approximate surface area is 124 Å². The molecule has 0 spiro atoms. The van der Waals surface area contributed by atoms with Gasteiger partial charge in [0.25, 0.3) is 0 Å². The van der Waals surface area contributed by atoms with E-state index in [4.69, 9.17) is 8.92 Å². The average Bonchev–Trinajstić information content (AvgIpc) is 2.27. The maximum absolute atomic E-state index is 5.62. The van der Waals surface area contributed by atoms with Crippen LogP contribution < -0.4 is 8.92 Å². The Morgan fingerprint density at radius 3 is 2.65 bits per heavy atom. The molecule has 0 saturated carbocycles. The van der Waals surface area contributed by atoms with Crippen molar-refractivity contribution < 1.29 is 8.92 Å². The van der Waals surface area contributed by atoms with Gasteiger partial charge in [0.15, 0.2) is 0 Å². The van der Waals surface area contributed by atoms with Gasteiger partial charge in [-0.15, -0.1) is 0 Å². The molecule has 0 aliphatic carbocycles. The maximum atomic E-state index is 5.62. The van der Waals surface area contributed by atoms with Crippen LogP contribution >= 0.6 is 44.8 Å². The van der Waals surface area contributed by atoms with Gasteiger partial charge in [-0.25, -0.2) is 0 Å². The Bertz CT molecular complexity index is 415. The first-order valence-corrected chi connectivity index (χ1v) is 7.12. The van der Waals surface area contributed by atoms with E-state index in [1.54, 1.807) is 0 Å². The molecule has 0 bridgehead atoms. The highest BCUT2D eigenvalue weighted by molar-refractivity contribution is 9.28. The summed E-state index contributed by atoms with van der Waals surface area (Å²) >= 11 is 10.4. The van der Waals surface area contributed by atoms with Crippen LogP contribution in [0.2, 0.25) is 0 Å². The lowest BCUT2D eigenvalue weighted by Gasteiger charge is -2.12. The summed E-state index contributed by atoms with van der Waals surface area (Å²) in [7, 11) is 0. The first kappa shape index (κ1) is 14.9.